The van der Waals surface area contributed by atoms with E-state index in [9.17, 15) is 0 Å². The van der Waals surface area contributed by atoms with Gasteiger partial charge in [-0.05, 0) is 19.1 Å². The fourth-order valence-corrected chi connectivity index (χ4v) is 2.06. The van der Waals surface area contributed by atoms with E-state index < -0.39 is 0 Å². The van der Waals surface area contributed by atoms with Crippen molar-refractivity contribution in [2.75, 3.05) is 5.32 Å². The van der Waals surface area contributed by atoms with Crippen LogP contribution in [0.25, 0.3) is 11.0 Å². The number of oxazole rings is 1. The molecule has 20 heavy (non-hydrogen) atoms. The summed E-state index contributed by atoms with van der Waals surface area (Å²) in [7, 11) is 0. The summed E-state index contributed by atoms with van der Waals surface area (Å²) in [6, 6.07) is 3.38. The van der Waals surface area contributed by atoms with Gasteiger partial charge in [0.15, 0.2) is 0 Å². The molecule has 2 aromatic heterocycles. The van der Waals surface area contributed by atoms with Gasteiger partial charge in [0.05, 0.1) is 40.0 Å². The van der Waals surface area contributed by atoms with Crippen LogP contribution in [0.2, 0.25) is 10.0 Å². The van der Waals surface area contributed by atoms with Crippen molar-refractivity contribution in [2.45, 2.75) is 13.5 Å². The van der Waals surface area contributed by atoms with Crippen LogP contribution in [-0.4, -0.2) is 15.0 Å². The standard InChI is InChI=1S/C13H10Cl2N4O/c1-7-4-18-13(20-7)6-17-12-5-16-10-2-8(14)9(15)3-11(10)19-12/h2-5H,6H2,1H3,(H,17,19). The number of rotatable bonds is 3. The quantitative estimate of drug-likeness (QED) is 0.796. The molecule has 0 aliphatic rings. The maximum Gasteiger partial charge on any atom is 0.213 e. The Morgan fingerprint density at radius 3 is 2.55 bits per heavy atom. The van der Waals surface area contributed by atoms with Gasteiger partial charge in [0.25, 0.3) is 0 Å². The number of aromatic nitrogens is 3. The highest BCUT2D eigenvalue weighted by Gasteiger charge is 2.06. The molecule has 0 aliphatic carbocycles. The molecular formula is C13H10Cl2N4O. The minimum Gasteiger partial charge on any atom is -0.444 e. The van der Waals surface area contributed by atoms with Crippen molar-refractivity contribution in [1.29, 1.82) is 0 Å². The SMILES string of the molecule is Cc1cnc(CNc2cnc3cc(Cl)c(Cl)cc3n2)o1. The highest BCUT2D eigenvalue weighted by atomic mass is 35.5. The maximum absolute atomic E-state index is 5.97. The topological polar surface area (TPSA) is 63.8 Å². The summed E-state index contributed by atoms with van der Waals surface area (Å²) in [4.78, 5) is 12.8. The Hall–Kier alpha value is -1.85. The van der Waals surface area contributed by atoms with Crippen LogP contribution in [0.1, 0.15) is 11.7 Å². The molecule has 5 nitrogen and oxygen atoms in total. The third-order valence-corrected chi connectivity index (χ3v) is 3.40. The smallest absolute Gasteiger partial charge is 0.213 e. The fraction of sp³-hybridized carbons (Fsp3) is 0.154. The second-order valence-electron chi connectivity index (χ2n) is 4.23. The molecule has 0 radical (unpaired) electrons. The summed E-state index contributed by atoms with van der Waals surface area (Å²) in [5.41, 5.74) is 1.37. The third kappa shape index (κ3) is 2.69. The summed E-state index contributed by atoms with van der Waals surface area (Å²) >= 11 is 11.9. The van der Waals surface area contributed by atoms with Crippen LogP contribution < -0.4 is 5.32 Å². The Labute approximate surface area is 125 Å². The number of aryl methyl sites for hydroxylation is 1. The van der Waals surface area contributed by atoms with Gasteiger partial charge in [-0.25, -0.2) is 9.97 Å². The van der Waals surface area contributed by atoms with Crippen molar-refractivity contribution in [3.63, 3.8) is 0 Å². The Morgan fingerprint density at radius 1 is 1.10 bits per heavy atom. The Kier molecular flexibility index (Phi) is 3.46. The molecule has 0 amide bonds. The number of benzene rings is 1. The summed E-state index contributed by atoms with van der Waals surface area (Å²) < 4.78 is 5.37. The maximum atomic E-state index is 5.97. The highest BCUT2D eigenvalue weighted by molar-refractivity contribution is 6.42. The minimum atomic E-state index is 0.440. The average Bonchev–Trinajstić information content (AvgIpc) is 2.84. The molecule has 1 N–H and O–H groups in total. The molecule has 0 unspecified atom stereocenters. The van der Waals surface area contributed by atoms with Crippen LogP contribution in [0.3, 0.4) is 0 Å². The minimum absolute atomic E-state index is 0.440. The Bertz CT molecular complexity index is 772. The van der Waals surface area contributed by atoms with Crippen molar-refractivity contribution in [3.8, 4) is 0 Å². The lowest BCUT2D eigenvalue weighted by Crippen LogP contribution is -2.02. The zero-order chi connectivity index (χ0) is 14.1. The number of halogens is 2. The van der Waals surface area contributed by atoms with Crippen LogP contribution in [0.5, 0.6) is 0 Å². The lowest BCUT2D eigenvalue weighted by Gasteiger charge is -2.05. The van der Waals surface area contributed by atoms with Gasteiger partial charge in [-0.15, -0.1) is 0 Å². The highest BCUT2D eigenvalue weighted by Crippen LogP contribution is 2.26. The van der Waals surface area contributed by atoms with Gasteiger partial charge < -0.3 is 9.73 Å². The summed E-state index contributed by atoms with van der Waals surface area (Å²) in [5, 5.41) is 4.01. The second kappa shape index (κ2) is 5.26. The molecule has 0 bridgehead atoms. The number of nitrogens with zero attached hydrogens (tertiary/aromatic N) is 3. The van der Waals surface area contributed by atoms with Gasteiger partial charge >= 0.3 is 0 Å². The van der Waals surface area contributed by atoms with E-state index in [2.05, 4.69) is 20.3 Å². The first-order chi connectivity index (χ1) is 9.61. The van der Waals surface area contributed by atoms with Crippen LogP contribution in [0.15, 0.2) is 28.9 Å². The van der Waals surface area contributed by atoms with E-state index in [1.165, 1.54) is 0 Å². The van der Waals surface area contributed by atoms with Crippen LogP contribution in [-0.2, 0) is 6.54 Å². The molecule has 3 aromatic rings. The van der Waals surface area contributed by atoms with E-state index in [1.54, 1.807) is 24.5 Å². The van der Waals surface area contributed by atoms with Gasteiger partial charge in [0.2, 0.25) is 5.89 Å². The summed E-state index contributed by atoms with van der Waals surface area (Å²) in [6.07, 6.45) is 3.30. The van der Waals surface area contributed by atoms with E-state index in [-0.39, 0.29) is 0 Å². The van der Waals surface area contributed by atoms with Crippen LogP contribution in [0, 0.1) is 6.92 Å². The van der Waals surface area contributed by atoms with Crippen molar-refractivity contribution in [3.05, 3.63) is 46.2 Å². The zero-order valence-electron chi connectivity index (χ0n) is 10.5. The first-order valence-corrected chi connectivity index (χ1v) is 6.64. The van der Waals surface area contributed by atoms with E-state index in [4.69, 9.17) is 27.6 Å². The number of nitrogens with one attached hydrogen (secondary N) is 1. The van der Waals surface area contributed by atoms with Gasteiger partial charge in [0.1, 0.15) is 11.6 Å². The predicted octanol–water partition coefficient (Wildman–Crippen LogP) is 3.85. The molecule has 0 spiro atoms. The normalized spacial score (nSPS) is 10.9. The number of fused-ring (bicyclic) bond motifs is 1. The number of anilines is 1. The number of hydrogen-bond acceptors (Lipinski definition) is 5. The zero-order valence-corrected chi connectivity index (χ0v) is 12.0. The van der Waals surface area contributed by atoms with Gasteiger partial charge in [-0.1, -0.05) is 23.2 Å². The third-order valence-electron chi connectivity index (χ3n) is 2.67. The Balaban J connectivity index is 1.83. The van der Waals surface area contributed by atoms with Gasteiger partial charge in [-0.2, -0.15) is 0 Å². The van der Waals surface area contributed by atoms with Crippen molar-refractivity contribution in [2.24, 2.45) is 0 Å². The average molecular weight is 309 g/mol. The van der Waals surface area contributed by atoms with Gasteiger partial charge in [0, 0.05) is 0 Å². The van der Waals surface area contributed by atoms with E-state index in [1.807, 2.05) is 6.92 Å². The van der Waals surface area contributed by atoms with E-state index in [0.717, 1.165) is 5.76 Å². The molecule has 0 atom stereocenters. The van der Waals surface area contributed by atoms with E-state index in [0.29, 0.717) is 39.3 Å². The lowest BCUT2D eigenvalue weighted by molar-refractivity contribution is 0.479. The molecule has 3 rings (SSSR count). The van der Waals surface area contributed by atoms with E-state index >= 15 is 0 Å². The largest absolute Gasteiger partial charge is 0.444 e. The fourth-order valence-electron chi connectivity index (χ4n) is 1.74. The lowest BCUT2D eigenvalue weighted by atomic mass is 10.3. The monoisotopic (exact) mass is 308 g/mol. The number of hydrogen-bond donors (Lipinski definition) is 1. The molecule has 1 aromatic carbocycles. The first-order valence-electron chi connectivity index (χ1n) is 5.89. The molecule has 0 saturated heterocycles. The summed E-state index contributed by atoms with van der Waals surface area (Å²) in [5.74, 6) is 1.98. The first kappa shape index (κ1) is 13.1. The van der Waals surface area contributed by atoms with Crippen molar-refractivity contribution >= 4 is 40.1 Å². The molecule has 102 valence electrons. The van der Waals surface area contributed by atoms with Crippen molar-refractivity contribution in [1.82, 2.24) is 15.0 Å². The predicted molar refractivity (Wildman–Crippen MR) is 78.1 cm³/mol. The second-order valence-corrected chi connectivity index (χ2v) is 5.04. The Morgan fingerprint density at radius 2 is 1.85 bits per heavy atom. The van der Waals surface area contributed by atoms with Crippen LogP contribution in [0.4, 0.5) is 5.82 Å². The molecule has 7 heteroatoms. The molecule has 0 fully saturated rings. The molecule has 2 heterocycles. The van der Waals surface area contributed by atoms with Gasteiger partial charge in [-0.3, -0.25) is 4.98 Å². The van der Waals surface area contributed by atoms with Crippen LogP contribution >= 0.6 is 23.2 Å². The molecule has 0 saturated carbocycles. The summed E-state index contributed by atoms with van der Waals surface area (Å²) in [6.45, 7) is 2.29. The van der Waals surface area contributed by atoms with Crippen molar-refractivity contribution < 1.29 is 4.42 Å². The molecular weight excluding hydrogens is 299 g/mol. The molecule has 0 aliphatic heterocycles.